The summed E-state index contributed by atoms with van der Waals surface area (Å²) < 4.78 is 7.46. The molecule has 0 aromatic carbocycles. The van der Waals surface area contributed by atoms with E-state index < -0.39 is 5.97 Å². The zero-order valence-corrected chi connectivity index (χ0v) is 18.5. The molecule has 0 amide bonds. The van der Waals surface area contributed by atoms with Crippen LogP contribution in [0.3, 0.4) is 0 Å². The van der Waals surface area contributed by atoms with Gasteiger partial charge in [-0.25, -0.2) is 9.97 Å². The van der Waals surface area contributed by atoms with E-state index >= 15 is 0 Å². The van der Waals surface area contributed by atoms with Gasteiger partial charge in [0.1, 0.15) is 11.5 Å². The van der Waals surface area contributed by atoms with Crippen molar-refractivity contribution in [3.63, 3.8) is 0 Å². The molecule has 168 valence electrons. The fraction of sp³-hybridized carbons (Fsp3) is 0.417. The van der Waals surface area contributed by atoms with Crippen LogP contribution in [-0.4, -0.2) is 50.9 Å². The molecule has 4 heterocycles. The summed E-state index contributed by atoms with van der Waals surface area (Å²) in [5.74, 6) is 0.544. The third-order valence-corrected chi connectivity index (χ3v) is 5.97. The number of carbonyl (C=O) groups excluding carboxylic acids is 1. The molecule has 1 aliphatic heterocycles. The highest BCUT2D eigenvalue weighted by Gasteiger charge is 2.25. The maximum atomic E-state index is 13.1. The van der Waals surface area contributed by atoms with E-state index in [1.807, 2.05) is 48.7 Å². The Morgan fingerprint density at radius 2 is 2.03 bits per heavy atom. The van der Waals surface area contributed by atoms with Gasteiger partial charge in [-0.05, 0) is 62.9 Å². The number of anilines is 1. The molecule has 0 spiro atoms. The number of fused-ring (bicyclic) bond motifs is 1. The summed E-state index contributed by atoms with van der Waals surface area (Å²) in [6.07, 6.45) is 5.80. The number of Topliss-reactive ketones (excluding diaryl/α,β-unsaturated/α-hetero) is 1. The Kier molecular flexibility index (Phi) is 6.39. The average Bonchev–Trinajstić information content (AvgIpc) is 3.15. The van der Waals surface area contributed by atoms with Crippen LogP contribution in [0.2, 0.25) is 0 Å². The second kappa shape index (κ2) is 9.38. The van der Waals surface area contributed by atoms with Gasteiger partial charge in [-0.2, -0.15) is 0 Å². The summed E-state index contributed by atoms with van der Waals surface area (Å²) in [6.45, 7) is 5.65. The number of carboxylic acids is 1. The molecule has 4 rings (SSSR count). The molecule has 32 heavy (non-hydrogen) atoms. The number of pyridine rings is 2. The Bertz CT molecular complexity index is 1130. The number of ketones is 1. The summed E-state index contributed by atoms with van der Waals surface area (Å²) in [5.41, 5.74) is 2.97. The van der Waals surface area contributed by atoms with E-state index in [9.17, 15) is 14.7 Å². The van der Waals surface area contributed by atoms with Crippen LogP contribution in [0.25, 0.3) is 5.65 Å². The van der Waals surface area contributed by atoms with Crippen molar-refractivity contribution in [2.75, 3.05) is 24.6 Å². The Labute approximate surface area is 186 Å². The normalized spacial score (nSPS) is 14.6. The minimum Gasteiger partial charge on any atom is -0.490 e. The summed E-state index contributed by atoms with van der Waals surface area (Å²) >= 11 is 0. The van der Waals surface area contributed by atoms with E-state index in [1.54, 1.807) is 6.20 Å². The van der Waals surface area contributed by atoms with E-state index in [0.29, 0.717) is 68.2 Å². The molecule has 1 fully saturated rings. The minimum absolute atomic E-state index is 0.0317. The van der Waals surface area contributed by atoms with Gasteiger partial charge < -0.3 is 14.7 Å². The first kappa shape index (κ1) is 21.8. The van der Waals surface area contributed by atoms with Crippen molar-refractivity contribution in [2.24, 2.45) is 5.92 Å². The first-order valence-corrected chi connectivity index (χ1v) is 11.0. The SMILES string of the molecule is CCOc1cccn2c(C(=O)CCc3ccnc(N4CCC(C(=O)O)CC4)c3)c(C)nc12. The predicted molar refractivity (Wildman–Crippen MR) is 121 cm³/mol. The van der Waals surface area contributed by atoms with Crippen LogP contribution >= 0.6 is 0 Å². The topological polar surface area (TPSA) is 97.0 Å². The van der Waals surface area contributed by atoms with Gasteiger partial charge in [0.15, 0.2) is 17.2 Å². The number of rotatable bonds is 8. The molecule has 1 saturated heterocycles. The third kappa shape index (κ3) is 4.44. The number of piperidine rings is 1. The monoisotopic (exact) mass is 436 g/mol. The molecule has 0 bridgehead atoms. The number of aryl methyl sites for hydroxylation is 2. The van der Waals surface area contributed by atoms with Crippen LogP contribution in [0.4, 0.5) is 5.82 Å². The number of aromatic nitrogens is 3. The maximum absolute atomic E-state index is 13.1. The largest absolute Gasteiger partial charge is 0.490 e. The minimum atomic E-state index is -0.721. The highest BCUT2D eigenvalue weighted by molar-refractivity contribution is 5.96. The van der Waals surface area contributed by atoms with Crippen molar-refractivity contribution in [1.82, 2.24) is 14.4 Å². The molecular formula is C24H28N4O4. The van der Waals surface area contributed by atoms with Crippen LogP contribution in [0, 0.1) is 12.8 Å². The number of imidazole rings is 1. The fourth-order valence-electron chi connectivity index (χ4n) is 4.28. The van der Waals surface area contributed by atoms with Crippen molar-refractivity contribution in [1.29, 1.82) is 0 Å². The van der Waals surface area contributed by atoms with Gasteiger partial charge in [-0.1, -0.05) is 0 Å². The van der Waals surface area contributed by atoms with Crippen molar-refractivity contribution >= 4 is 23.2 Å². The van der Waals surface area contributed by atoms with Crippen LogP contribution in [-0.2, 0) is 11.2 Å². The zero-order chi connectivity index (χ0) is 22.7. The Morgan fingerprint density at radius 3 is 2.75 bits per heavy atom. The van der Waals surface area contributed by atoms with E-state index in [1.165, 1.54) is 0 Å². The van der Waals surface area contributed by atoms with Gasteiger partial charge in [0, 0.05) is 31.9 Å². The number of hydrogen-bond acceptors (Lipinski definition) is 6. The number of aliphatic carboxylic acids is 1. The number of nitrogens with zero attached hydrogens (tertiary/aromatic N) is 4. The predicted octanol–water partition coefficient (Wildman–Crippen LogP) is 3.55. The summed E-state index contributed by atoms with van der Waals surface area (Å²) in [7, 11) is 0. The average molecular weight is 437 g/mol. The molecule has 3 aromatic rings. The molecule has 1 aliphatic rings. The van der Waals surface area contributed by atoms with E-state index in [0.717, 1.165) is 11.4 Å². The van der Waals surface area contributed by atoms with Crippen LogP contribution < -0.4 is 9.64 Å². The second-order valence-electron chi connectivity index (χ2n) is 8.09. The van der Waals surface area contributed by atoms with Gasteiger partial charge in [0.2, 0.25) is 0 Å². The van der Waals surface area contributed by atoms with E-state index in [2.05, 4.69) is 14.9 Å². The molecule has 0 aliphatic carbocycles. The Morgan fingerprint density at radius 1 is 1.25 bits per heavy atom. The van der Waals surface area contributed by atoms with Gasteiger partial charge in [-0.3, -0.25) is 14.0 Å². The lowest BCUT2D eigenvalue weighted by atomic mass is 9.97. The number of ether oxygens (including phenoxy) is 1. The molecule has 0 radical (unpaired) electrons. The van der Waals surface area contributed by atoms with Crippen LogP contribution in [0.1, 0.15) is 47.9 Å². The zero-order valence-electron chi connectivity index (χ0n) is 18.5. The van der Waals surface area contributed by atoms with Gasteiger partial charge in [0.05, 0.1) is 18.2 Å². The quantitative estimate of drug-likeness (QED) is 0.539. The molecular weight excluding hydrogens is 408 g/mol. The van der Waals surface area contributed by atoms with Gasteiger partial charge in [0.25, 0.3) is 0 Å². The smallest absolute Gasteiger partial charge is 0.306 e. The van der Waals surface area contributed by atoms with Crippen molar-refractivity contribution in [3.8, 4) is 5.75 Å². The fourth-order valence-corrected chi connectivity index (χ4v) is 4.28. The number of hydrogen-bond donors (Lipinski definition) is 1. The summed E-state index contributed by atoms with van der Waals surface area (Å²) in [5, 5.41) is 9.19. The van der Waals surface area contributed by atoms with E-state index in [-0.39, 0.29) is 11.7 Å². The second-order valence-corrected chi connectivity index (χ2v) is 8.09. The molecule has 3 aromatic heterocycles. The third-order valence-electron chi connectivity index (χ3n) is 5.97. The van der Waals surface area contributed by atoms with Crippen LogP contribution in [0.5, 0.6) is 5.75 Å². The Hall–Kier alpha value is -3.42. The molecule has 8 heteroatoms. The van der Waals surface area contributed by atoms with Crippen molar-refractivity contribution in [2.45, 2.75) is 39.5 Å². The summed E-state index contributed by atoms with van der Waals surface area (Å²) in [4.78, 5) is 35.4. The van der Waals surface area contributed by atoms with Crippen LogP contribution in [0.15, 0.2) is 36.7 Å². The highest BCUT2D eigenvalue weighted by Crippen LogP contribution is 2.25. The lowest BCUT2D eigenvalue weighted by molar-refractivity contribution is -0.142. The lowest BCUT2D eigenvalue weighted by Crippen LogP contribution is -2.36. The molecule has 8 nitrogen and oxygen atoms in total. The standard InChI is InChI=1S/C24H28N4O4/c1-3-32-20-5-4-12-28-22(16(2)26-23(20)28)19(29)7-6-17-8-11-25-21(15-17)27-13-9-18(10-14-27)24(30)31/h4-5,8,11-12,15,18H,3,6-7,9-10,13-14H2,1-2H3,(H,30,31). The first-order valence-electron chi connectivity index (χ1n) is 11.0. The first-order chi connectivity index (χ1) is 15.5. The van der Waals surface area contributed by atoms with Gasteiger partial charge >= 0.3 is 5.97 Å². The lowest BCUT2D eigenvalue weighted by Gasteiger charge is -2.31. The molecule has 0 saturated carbocycles. The van der Waals surface area contributed by atoms with Crippen molar-refractivity contribution < 1.29 is 19.4 Å². The Balaban J connectivity index is 1.45. The van der Waals surface area contributed by atoms with E-state index in [4.69, 9.17) is 4.74 Å². The van der Waals surface area contributed by atoms with Gasteiger partial charge in [-0.15, -0.1) is 0 Å². The molecule has 0 atom stereocenters. The number of carboxylic acid groups (broad SMARTS) is 1. The molecule has 0 unspecified atom stereocenters. The van der Waals surface area contributed by atoms with Crippen molar-refractivity contribution in [3.05, 3.63) is 53.6 Å². The number of carbonyl (C=O) groups is 2. The maximum Gasteiger partial charge on any atom is 0.306 e. The summed E-state index contributed by atoms with van der Waals surface area (Å²) in [6, 6.07) is 7.65. The highest BCUT2D eigenvalue weighted by atomic mass is 16.5. The molecule has 1 N–H and O–H groups in total.